The highest BCUT2D eigenvalue weighted by atomic mass is 19.4. The zero-order valence-corrected chi connectivity index (χ0v) is 11.8. The fraction of sp³-hybridized carbons (Fsp3) is 0.188. The number of hydrogen-bond acceptors (Lipinski definition) is 2. The third-order valence-corrected chi connectivity index (χ3v) is 2.97. The van der Waals surface area contributed by atoms with E-state index in [4.69, 9.17) is 0 Å². The number of carbonyl (C=O) groups is 1. The monoisotopic (exact) mass is 309 g/mol. The summed E-state index contributed by atoms with van der Waals surface area (Å²) in [6, 6.07) is 12.1. The Morgan fingerprint density at radius 2 is 1.64 bits per heavy atom. The number of halogens is 3. The number of carbonyl (C=O) groups excluding carboxylic acids is 1. The molecular weight excluding hydrogens is 295 g/mol. The van der Waals surface area contributed by atoms with Gasteiger partial charge < -0.3 is 10.1 Å². The molecule has 2 aromatic carbocycles. The number of hydrogen-bond donors (Lipinski definition) is 1. The van der Waals surface area contributed by atoms with E-state index in [1.807, 2.05) is 19.1 Å². The van der Waals surface area contributed by atoms with E-state index in [-0.39, 0.29) is 11.7 Å². The summed E-state index contributed by atoms with van der Waals surface area (Å²) in [6.07, 6.45) is -3.85. The molecule has 0 bridgehead atoms. The lowest BCUT2D eigenvalue weighted by atomic mass is 10.1. The van der Waals surface area contributed by atoms with E-state index in [1.165, 1.54) is 12.1 Å². The topological polar surface area (TPSA) is 38.3 Å². The molecule has 0 fully saturated rings. The van der Waals surface area contributed by atoms with Crippen molar-refractivity contribution in [2.45, 2.75) is 19.7 Å². The van der Waals surface area contributed by atoms with E-state index in [0.29, 0.717) is 11.3 Å². The maximum Gasteiger partial charge on any atom is 0.573 e. The maximum absolute atomic E-state index is 12.0. The quantitative estimate of drug-likeness (QED) is 0.909. The van der Waals surface area contributed by atoms with Gasteiger partial charge in [0, 0.05) is 11.3 Å². The van der Waals surface area contributed by atoms with Gasteiger partial charge in [0.05, 0.1) is 0 Å². The van der Waals surface area contributed by atoms with Crippen LogP contribution in [0.4, 0.5) is 18.9 Å². The van der Waals surface area contributed by atoms with Crippen LogP contribution in [-0.2, 0) is 6.42 Å². The van der Waals surface area contributed by atoms with E-state index in [9.17, 15) is 18.0 Å². The number of aryl methyl sites for hydroxylation is 1. The molecule has 0 aromatic heterocycles. The van der Waals surface area contributed by atoms with E-state index in [2.05, 4.69) is 10.1 Å². The van der Waals surface area contributed by atoms with Crippen molar-refractivity contribution >= 4 is 11.6 Å². The molecular formula is C16H14F3NO2. The Morgan fingerprint density at radius 1 is 1.05 bits per heavy atom. The lowest BCUT2D eigenvalue weighted by Crippen LogP contribution is -2.17. The average molecular weight is 309 g/mol. The summed E-state index contributed by atoms with van der Waals surface area (Å²) in [7, 11) is 0. The first-order valence-corrected chi connectivity index (χ1v) is 6.63. The van der Waals surface area contributed by atoms with E-state index in [0.717, 1.165) is 24.1 Å². The second kappa shape index (κ2) is 6.51. The van der Waals surface area contributed by atoms with Crippen molar-refractivity contribution in [2.24, 2.45) is 0 Å². The molecule has 0 aliphatic carbocycles. The van der Waals surface area contributed by atoms with Crippen LogP contribution in [-0.4, -0.2) is 12.3 Å². The number of alkyl halides is 3. The molecule has 0 aliphatic rings. The lowest BCUT2D eigenvalue weighted by Gasteiger charge is -2.10. The van der Waals surface area contributed by atoms with E-state index in [1.54, 1.807) is 12.1 Å². The Labute approximate surface area is 125 Å². The van der Waals surface area contributed by atoms with Gasteiger partial charge in [-0.3, -0.25) is 4.79 Å². The molecule has 0 spiro atoms. The molecule has 1 N–H and O–H groups in total. The minimum atomic E-state index is -4.73. The predicted molar refractivity (Wildman–Crippen MR) is 76.9 cm³/mol. The number of benzene rings is 2. The third kappa shape index (κ3) is 4.51. The molecule has 0 heterocycles. The zero-order chi connectivity index (χ0) is 16.2. The maximum atomic E-state index is 12.0. The molecule has 6 heteroatoms. The number of ether oxygens (including phenoxy) is 1. The highest BCUT2D eigenvalue weighted by Gasteiger charge is 2.30. The van der Waals surface area contributed by atoms with Gasteiger partial charge in [0.25, 0.3) is 5.91 Å². The lowest BCUT2D eigenvalue weighted by molar-refractivity contribution is -0.274. The Morgan fingerprint density at radius 3 is 2.14 bits per heavy atom. The first-order valence-electron chi connectivity index (χ1n) is 6.63. The van der Waals surface area contributed by atoms with Crippen molar-refractivity contribution in [1.29, 1.82) is 0 Å². The highest BCUT2D eigenvalue weighted by molar-refractivity contribution is 6.04. The van der Waals surface area contributed by atoms with Crippen molar-refractivity contribution in [3.05, 3.63) is 59.7 Å². The van der Waals surface area contributed by atoms with Crippen LogP contribution < -0.4 is 10.1 Å². The predicted octanol–water partition coefficient (Wildman–Crippen LogP) is 4.40. The van der Waals surface area contributed by atoms with Gasteiger partial charge in [-0.25, -0.2) is 0 Å². The van der Waals surface area contributed by atoms with Crippen LogP contribution in [0, 0.1) is 0 Å². The van der Waals surface area contributed by atoms with E-state index >= 15 is 0 Å². The molecule has 3 nitrogen and oxygen atoms in total. The van der Waals surface area contributed by atoms with Crippen LogP contribution in [0.2, 0.25) is 0 Å². The second-order valence-corrected chi connectivity index (χ2v) is 4.58. The molecule has 2 rings (SSSR count). The molecule has 116 valence electrons. The SMILES string of the molecule is CCc1ccc(C(=O)Nc2ccc(OC(F)(F)F)cc2)cc1. The summed E-state index contributed by atoms with van der Waals surface area (Å²) in [5, 5.41) is 2.61. The smallest absolute Gasteiger partial charge is 0.406 e. The first-order chi connectivity index (χ1) is 10.4. The summed E-state index contributed by atoms with van der Waals surface area (Å²) in [6.45, 7) is 2.01. The summed E-state index contributed by atoms with van der Waals surface area (Å²) in [5.74, 6) is -0.662. The fourth-order valence-corrected chi connectivity index (χ4v) is 1.84. The summed E-state index contributed by atoms with van der Waals surface area (Å²) >= 11 is 0. The third-order valence-electron chi connectivity index (χ3n) is 2.97. The molecule has 22 heavy (non-hydrogen) atoms. The van der Waals surface area contributed by atoms with Gasteiger partial charge >= 0.3 is 6.36 Å². The van der Waals surface area contributed by atoms with Crippen LogP contribution in [0.5, 0.6) is 5.75 Å². The minimum absolute atomic E-state index is 0.327. The Bertz CT molecular complexity index is 634. The fourth-order valence-electron chi connectivity index (χ4n) is 1.84. The largest absolute Gasteiger partial charge is 0.573 e. The summed E-state index contributed by atoms with van der Waals surface area (Å²) < 4.78 is 39.9. The number of rotatable bonds is 4. The van der Waals surface area contributed by atoms with Gasteiger partial charge in [-0.15, -0.1) is 13.2 Å². The molecule has 0 saturated carbocycles. The normalized spacial score (nSPS) is 11.1. The average Bonchev–Trinajstić information content (AvgIpc) is 2.48. The van der Waals surface area contributed by atoms with Crippen molar-refractivity contribution < 1.29 is 22.7 Å². The van der Waals surface area contributed by atoms with Crippen molar-refractivity contribution in [3.8, 4) is 5.75 Å². The van der Waals surface area contributed by atoms with Gasteiger partial charge in [-0.1, -0.05) is 19.1 Å². The standard InChI is InChI=1S/C16H14F3NO2/c1-2-11-3-5-12(6-4-11)15(21)20-13-7-9-14(10-8-13)22-16(17,18)19/h3-10H,2H2,1H3,(H,20,21). The number of amides is 1. The zero-order valence-electron chi connectivity index (χ0n) is 11.8. The Hall–Kier alpha value is -2.50. The van der Waals surface area contributed by atoms with Gasteiger partial charge in [-0.2, -0.15) is 0 Å². The molecule has 1 amide bonds. The van der Waals surface area contributed by atoms with Crippen molar-refractivity contribution in [3.63, 3.8) is 0 Å². The molecule has 0 saturated heterocycles. The highest BCUT2D eigenvalue weighted by Crippen LogP contribution is 2.24. The molecule has 2 aromatic rings. The second-order valence-electron chi connectivity index (χ2n) is 4.58. The summed E-state index contributed by atoms with van der Waals surface area (Å²) in [4.78, 5) is 12.0. The Balaban J connectivity index is 2.02. The number of anilines is 1. The minimum Gasteiger partial charge on any atom is -0.406 e. The molecule has 0 unspecified atom stereocenters. The van der Waals surface area contributed by atoms with Gasteiger partial charge in [-0.05, 0) is 48.4 Å². The van der Waals surface area contributed by atoms with Crippen LogP contribution >= 0.6 is 0 Å². The van der Waals surface area contributed by atoms with Crippen LogP contribution in [0.25, 0.3) is 0 Å². The van der Waals surface area contributed by atoms with Gasteiger partial charge in [0.2, 0.25) is 0 Å². The van der Waals surface area contributed by atoms with Gasteiger partial charge in [0.1, 0.15) is 5.75 Å². The molecule has 0 aliphatic heterocycles. The van der Waals surface area contributed by atoms with Crippen molar-refractivity contribution in [1.82, 2.24) is 0 Å². The van der Waals surface area contributed by atoms with Crippen LogP contribution in [0.1, 0.15) is 22.8 Å². The number of nitrogens with one attached hydrogen (secondary N) is 1. The summed E-state index contributed by atoms with van der Waals surface area (Å²) in [5.41, 5.74) is 1.98. The van der Waals surface area contributed by atoms with Crippen LogP contribution in [0.15, 0.2) is 48.5 Å². The first kappa shape index (κ1) is 15.9. The molecule has 0 radical (unpaired) electrons. The Kier molecular flexibility index (Phi) is 4.70. The van der Waals surface area contributed by atoms with Crippen molar-refractivity contribution in [2.75, 3.05) is 5.32 Å². The molecule has 0 atom stereocenters. The van der Waals surface area contributed by atoms with Gasteiger partial charge in [0.15, 0.2) is 0 Å². The van der Waals surface area contributed by atoms with Crippen LogP contribution in [0.3, 0.4) is 0 Å². The van der Waals surface area contributed by atoms with E-state index < -0.39 is 6.36 Å².